The number of hydrogen-bond acceptors (Lipinski definition) is 4. The van der Waals surface area contributed by atoms with E-state index in [0.717, 1.165) is 94.5 Å². The lowest BCUT2D eigenvalue weighted by Gasteiger charge is -2.28. The van der Waals surface area contributed by atoms with Gasteiger partial charge < -0.3 is 10.2 Å². The molecular formula is C72H79N5O2. The molecule has 11 rings (SSSR count). The number of phenolic OH excluding ortho intramolecular Hbond substituents is 2. The molecule has 4 aromatic heterocycles. The fourth-order valence-corrected chi connectivity index (χ4v) is 11.6. The van der Waals surface area contributed by atoms with Gasteiger partial charge in [0.15, 0.2) is 22.9 Å². The molecule has 11 aromatic rings. The standard InChI is InChI=1S/C72H79N5O2/c1-67(2,3)44-32-34-56(50(36-44)42-26-21-19-22-27-42)75-59-48-30-25-31-49-58(48)77(65(59)73-63(75)52-38-46(69(7,8)9)40-54(61(52)78)71(13,14)15)66-60(49)76(57-35-33-45(68(4,5)6)37-51(57)43-28-23-20-24-29-43)64(74-66)53-39-47(70(10,11)12)41-55(62(53)79)72(16,17)18/h19-41,78-79H,1-18H3. The zero-order chi connectivity index (χ0) is 56.8. The average Bonchev–Trinajstić information content (AvgIpc) is 4.14. The van der Waals surface area contributed by atoms with Crippen LogP contribution in [0.4, 0.5) is 0 Å². The number of benzene rings is 7. The van der Waals surface area contributed by atoms with Crippen molar-refractivity contribution in [3.05, 3.63) is 173 Å². The van der Waals surface area contributed by atoms with Crippen LogP contribution in [0.15, 0.2) is 140 Å². The molecule has 7 aromatic carbocycles. The summed E-state index contributed by atoms with van der Waals surface area (Å²) in [6, 6.07) is 50.3. The first-order chi connectivity index (χ1) is 36.8. The minimum Gasteiger partial charge on any atom is -0.507 e. The van der Waals surface area contributed by atoms with Crippen LogP contribution in [0.5, 0.6) is 11.5 Å². The predicted molar refractivity (Wildman–Crippen MR) is 333 cm³/mol. The summed E-state index contributed by atoms with van der Waals surface area (Å²) >= 11 is 0. The molecule has 0 atom stereocenters. The van der Waals surface area contributed by atoms with Gasteiger partial charge in [-0.2, -0.15) is 0 Å². The Morgan fingerprint density at radius 1 is 0.329 bits per heavy atom. The van der Waals surface area contributed by atoms with Crippen molar-refractivity contribution in [2.45, 2.75) is 157 Å². The lowest BCUT2D eigenvalue weighted by atomic mass is 9.78. The highest BCUT2D eigenvalue weighted by molar-refractivity contribution is 6.22. The minimum absolute atomic E-state index is 0.128. The molecule has 0 saturated carbocycles. The van der Waals surface area contributed by atoms with Gasteiger partial charge in [-0.25, -0.2) is 9.97 Å². The molecule has 0 bridgehead atoms. The highest BCUT2D eigenvalue weighted by Crippen LogP contribution is 2.51. The Bertz CT molecular complexity index is 3910. The van der Waals surface area contributed by atoms with Crippen LogP contribution < -0.4 is 0 Å². The molecule has 7 heteroatoms. The first-order valence-electron chi connectivity index (χ1n) is 28.2. The third-order valence-corrected chi connectivity index (χ3v) is 16.3. The first kappa shape index (κ1) is 53.4. The predicted octanol–water partition coefficient (Wildman–Crippen LogP) is 19.1. The van der Waals surface area contributed by atoms with E-state index in [2.05, 4.69) is 278 Å². The molecule has 0 radical (unpaired) electrons. The van der Waals surface area contributed by atoms with E-state index < -0.39 is 0 Å². The number of hydrogen-bond donors (Lipinski definition) is 2. The van der Waals surface area contributed by atoms with Crippen molar-refractivity contribution in [3.8, 4) is 67.9 Å². The minimum atomic E-state index is -0.384. The summed E-state index contributed by atoms with van der Waals surface area (Å²) in [7, 11) is 0. The topological polar surface area (TPSA) is 80.5 Å². The summed E-state index contributed by atoms with van der Waals surface area (Å²) in [5.41, 5.74) is 16.7. The van der Waals surface area contributed by atoms with Gasteiger partial charge in [-0.1, -0.05) is 228 Å². The van der Waals surface area contributed by atoms with Crippen molar-refractivity contribution >= 4 is 38.6 Å². The second-order valence-corrected chi connectivity index (χ2v) is 28.5. The van der Waals surface area contributed by atoms with Gasteiger partial charge in [0.25, 0.3) is 0 Å². The van der Waals surface area contributed by atoms with Crippen LogP contribution in [0.1, 0.15) is 158 Å². The van der Waals surface area contributed by atoms with Crippen molar-refractivity contribution in [1.82, 2.24) is 23.5 Å². The van der Waals surface area contributed by atoms with E-state index in [1.54, 1.807) is 0 Å². The molecule has 7 nitrogen and oxygen atoms in total. The maximum atomic E-state index is 12.9. The molecule has 2 N–H and O–H groups in total. The van der Waals surface area contributed by atoms with E-state index in [4.69, 9.17) is 9.97 Å². The number of fused-ring (bicyclic) bond motifs is 6. The molecule has 0 spiro atoms. The van der Waals surface area contributed by atoms with Crippen molar-refractivity contribution in [2.75, 3.05) is 0 Å². The zero-order valence-electron chi connectivity index (χ0n) is 49.9. The average molecular weight is 1050 g/mol. The number of imidazole rings is 2. The third-order valence-electron chi connectivity index (χ3n) is 16.3. The summed E-state index contributed by atoms with van der Waals surface area (Å²) in [4.78, 5) is 11.8. The fraction of sp³-hybridized carbons (Fsp3) is 0.333. The summed E-state index contributed by atoms with van der Waals surface area (Å²) in [5, 5.41) is 27.9. The molecule has 0 aliphatic carbocycles. The van der Waals surface area contributed by atoms with E-state index in [1.807, 2.05) is 0 Å². The number of nitrogens with zero attached hydrogens (tertiary/aromatic N) is 5. The van der Waals surface area contributed by atoms with Crippen molar-refractivity contribution in [3.63, 3.8) is 0 Å². The molecule has 0 unspecified atom stereocenters. The Hall–Kier alpha value is -7.64. The molecule has 0 saturated heterocycles. The number of aromatic nitrogens is 5. The molecule has 79 heavy (non-hydrogen) atoms. The second kappa shape index (κ2) is 17.9. The van der Waals surface area contributed by atoms with E-state index in [1.165, 1.54) is 11.1 Å². The Balaban J connectivity index is 1.37. The van der Waals surface area contributed by atoms with Crippen LogP contribution in [0.2, 0.25) is 0 Å². The maximum absolute atomic E-state index is 12.9. The van der Waals surface area contributed by atoms with Crippen molar-refractivity contribution < 1.29 is 10.2 Å². The molecule has 0 aliphatic rings. The van der Waals surface area contributed by atoms with E-state index >= 15 is 0 Å². The smallest absolute Gasteiger partial charge is 0.166 e. The Morgan fingerprint density at radius 3 is 1.00 bits per heavy atom. The first-order valence-corrected chi connectivity index (χ1v) is 28.2. The van der Waals surface area contributed by atoms with Crippen molar-refractivity contribution in [2.24, 2.45) is 0 Å². The van der Waals surface area contributed by atoms with Crippen LogP contribution in [0.25, 0.3) is 95.0 Å². The molecular weight excluding hydrogens is 967 g/mol. The Labute approximate surface area is 468 Å². The summed E-state index contributed by atoms with van der Waals surface area (Å²) in [6.07, 6.45) is 0. The third kappa shape index (κ3) is 8.89. The van der Waals surface area contributed by atoms with Crippen molar-refractivity contribution in [1.29, 1.82) is 0 Å². The van der Waals surface area contributed by atoms with E-state index in [0.29, 0.717) is 22.8 Å². The monoisotopic (exact) mass is 1050 g/mol. The van der Waals surface area contributed by atoms with Gasteiger partial charge in [-0.05, 0) is 102 Å². The van der Waals surface area contributed by atoms with Gasteiger partial charge in [0, 0.05) is 33.0 Å². The Kier molecular flexibility index (Phi) is 12.1. The van der Waals surface area contributed by atoms with Crippen LogP contribution in [0.3, 0.4) is 0 Å². The SMILES string of the molecule is CC(C)(C)c1ccc(-n2c(-c3cc(C(C)(C)C)cc(C(C)(C)C)c3O)nc3c2c2cccc4c5c(nc(-c6cc(C(C)(C)C)cc(C(C)(C)C)c6O)n5-c5ccc(C(C)(C)C)cc5-c5ccccc5)n3c24)c(-c2ccccc2)c1. The zero-order valence-corrected chi connectivity index (χ0v) is 49.9. The van der Waals surface area contributed by atoms with Gasteiger partial charge in [0.1, 0.15) is 22.5 Å². The van der Waals surface area contributed by atoms with E-state index in [9.17, 15) is 10.2 Å². The van der Waals surface area contributed by atoms with Crippen LogP contribution in [0, 0.1) is 0 Å². The van der Waals surface area contributed by atoms with E-state index in [-0.39, 0.29) is 44.0 Å². The molecule has 0 aliphatic heterocycles. The highest BCUT2D eigenvalue weighted by Gasteiger charge is 2.35. The maximum Gasteiger partial charge on any atom is 0.166 e. The normalized spacial score (nSPS) is 13.3. The lowest BCUT2D eigenvalue weighted by molar-refractivity contribution is 0.445. The fourth-order valence-electron chi connectivity index (χ4n) is 11.6. The Morgan fingerprint density at radius 2 is 0.671 bits per heavy atom. The largest absolute Gasteiger partial charge is 0.507 e. The lowest BCUT2D eigenvalue weighted by Crippen LogP contribution is -2.17. The molecule has 0 amide bonds. The molecule has 404 valence electrons. The molecule has 0 fully saturated rings. The second-order valence-electron chi connectivity index (χ2n) is 28.5. The summed E-state index contributed by atoms with van der Waals surface area (Å²) < 4.78 is 6.89. The summed E-state index contributed by atoms with van der Waals surface area (Å²) in [6.45, 7) is 40.0. The van der Waals surface area contributed by atoms with Gasteiger partial charge in [0.05, 0.1) is 28.0 Å². The number of para-hydroxylation sites is 1. The number of aromatic hydroxyl groups is 2. The van der Waals surface area contributed by atoms with Gasteiger partial charge >= 0.3 is 0 Å². The van der Waals surface area contributed by atoms with Gasteiger partial charge in [-0.3, -0.25) is 13.5 Å². The highest BCUT2D eigenvalue weighted by atomic mass is 16.3. The summed E-state index contributed by atoms with van der Waals surface area (Å²) in [5.74, 6) is 1.71. The molecule has 4 heterocycles. The van der Waals surface area contributed by atoms with Gasteiger partial charge in [0.2, 0.25) is 0 Å². The van der Waals surface area contributed by atoms with Crippen LogP contribution in [-0.4, -0.2) is 33.7 Å². The van der Waals surface area contributed by atoms with Gasteiger partial charge in [-0.15, -0.1) is 0 Å². The number of phenols is 2. The van der Waals surface area contributed by atoms with Crippen LogP contribution in [-0.2, 0) is 32.5 Å². The quantitative estimate of drug-likeness (QED) is 0.174. The number of rotatable bonds is 6. The van der Waals surface area contributed by atoms with Crippen LogP contribution >= 0.6 is 0 Å².